The summed E-state index contributed by atoms with van der Waals surface area (Å²) in [6.45, 7) is 0.356. The minimum Gasteiger partial charge on any atom is -0.324 e. The highest BCUT2D eigenvalue weighted by Gasteiger charge is 2.29. The minimum absolute atomic E-state index is 0.327. The number of nitrogens with zero attached hydrogens (tertiary/aromatic N) is 4. The fraction of sp³-hybridized carbons (Fsp3) is 0.357. The molecule has 108 valence electrons. The molecule has 1 aliphatic rings. The average Bonchev–Trinajstić information content (AvgIpc) is 3.26. The summed E-state index contributed by atoms with van der Waals surface area (Å²) in [6, 6.07) is 6.88. The molecule has 0 amide bonds. The molecule has 2 N–H and O–H groups in total. The van der Waals surface area contributed by atoms with Crippen LogP contribution >= 0.6 is 11.8 Å². The first-order chi connectivity index (χ1) is 10.2. The largest absolute Gasteiger partial charge is 0.324 e. The molecule has 0 saturated heterocycles. The summed E-state index contributed by atoms with van der Waals surface area (Å²) in [4.78, 5) is 0. The van der Waals surface area contributed by atoms with Crippen LogP contribution in [0.1, 0.15) is 35.8 Å². The van der Waals surface area contributed by atoms with Crippen LogP contribution in [0.25, 0.3) is 0 Å². The molecule has 1 aromatic carbocycles. The molecule has 7 heteroatoms. The van der Waals surface area contributed by atoms with Crippen LogP contribution in [0.2, 0.25) is 0 Å². The third-order valence-electron chi connectivity index (χ3n) is 3.37. The number of nitriles is 1. The lowest BCUT2D eigenvalue weighted by Gasteiger charge is -2.08. The topological polar surface area (TPSA) is 80.5 Å². The second kappa shape index (κ2) is 5.84. The number of hydrogen-bond donors (Lipinski definition) is 1. The lowest BCUT2D eigenvalue weighted by Crippen LogP contribution is -2.08. The summed E-state index contributed by atoms with van der Waals surface area (Å²) in [5.74, 6) is 0.867. The van der Waals surface area contributed by atoms with Gasteiger partial charge in [0.2, 0.25) is 0 Å². The highest BCUT2D eigenvalue weighted by molar-refractivity contribution is 7.98. The summed E-state index contributed by atoms with van der Waals surface area (Å²) in [5, 5.41) is 17.8. The molecule has 1 aliphatic carbocycles. The van der Waals surface area contributed by atoms with E-state index in [2.05, 4.69) is 14.8 Å². The van der Waals surface area contributed by atoms with E-state index in [-0.39, 0.29) is 5.82 Å². The Balaban J connectivity index is 1.76. The molecule has 3 rings (SSSR count). The van der Waals surface area contributed by atoms with E-state index in [0.29, 0.717) is 29.5 Å². The van der Waals surface area contributed by atoms with E-state index < -0.39 is 0 Å². The summed E-state index contributed by atoms with van der Waals surface area (Å²) in [5.41, 5.74) is 6.55. The number of benzene rings is 1. The zero-order valence-corrected chi connectivity index (χ0v) is 12.1. The zero-order chi connectivity index (χ0) is 14.8. The van der Waals surface area contributed by atoms with E-state index in [4.69, 9.17) is 11.0 Å². The zero-order valence-electron chi connectivity index (χ0n) is 11.3. The second-order valence-electron chi connectivity index (χ2n) is 4.91. The lowest BCUT2D eigenvalue weighted by molar-refractivity contribution is 0.615. The van der Waals surface area contributed by atoms with Gasteiger partial charge in [0.25, 0.3) is 0 Å². The van der Waals surface area contributed by atoms with Crippen molar-refractivity contribution in [2.45, 2.75) is 36.3 Å². The van der Waals surface area contributed by atoms with E-state index in [9.17, 15) is 4.39 Å². The first kappa shape index (κ1) is 14.0. The Kier molecular flexibility index (Phi) is 3.90. The van der Waals surface area contributed by atoms with Gasteiger partial charge in [0.1, 0.15) is 11.6 Å². The van der Waals surface area contributed by atoms with E-state index in [1.165, 1.54) is 17.8 Å². The molecule has 0 radical (unpaired) electrons. The molecule has 21 heavy (non-hydrogen) atoms. The van der Waals surface area contributed by atoms with Gasteiger partial charge in [-0.25, -0.2) is 4.39 Å². The monoisotopic (exact) mass is 303 g/mol. The molecule has 1 fully saturated rings. The summed E-state index contributed by atoms with van der Waals surface area (Å²) < 4.78 is 15.9. The summed E-state index contributed by atoms with van der Waals surface area (Å²) in [6.07, 6.45) is 2.23. The molecule has 0 aliphatic heterocycles. The Hall–Kier alpha value is -1.91. The molecular weight excluding hydrogens is 289 g/mol. The minimum atomic E-state index is -0.363. The Morgan fingerprint density at radius 1 is 1.43 bits per heavy atom. The lowest BCUT2D eigenvalue weighted by atomic mass is 10.1. The van der Waals surface area contributed by atoms with Gasteiger partial charge < -0.3 is 10.3 Å². The Labute approximate surface area is 126 Å². The van der Waals surface area contributed by atoms with E-state index >= 15 is 0 Å². The van der Waals surface area contributed by atoms with Gasteiger partial charge in [-0.3, -0.25) is 0 Å². The van der Waals surface area contributed by atoms with E-state index in [1.54, 1.807) is 12.1 Å². The first-order valence-electron chi connectivity index (χ1n) is 6.68. The molecule has 5 nitrogen and oxygen atoms in total. The quantitative estimate of drug-likeness (QED) is 0.858. The fourth-order valence-corrected chi connectivity index (χ4v) is 3.13. The van der Waals surface area contributed by atoms with Crippen molar-refractivity contribution in [1.82, 2.24) is 14.8 Å². The van der Waals surface area contributed by atoms with Crippen LogP contribution in [0.5, 0.6) is 0 Å². The SMILES string of the molecule is N#Cc1ccc(CSc2nnc(CN)n2C2CC2)c(F)c1. The van der Waals surface area contributed by atoms with Crippen LogP contribution in [-0.2, 0) is 12.3 Å². The second-order valence-corrected chi connectivity index (χ2v) is 5.85. The fourth-order valence-electron chi connectivity index (χ4n) is 2.12. The highest BCUT2D eigenvalue weighted by atomic mass is 32.2. The number of aromatic nitrogens is 3. The molecule has 2 aromatic rings. The van der Waals surface area contributed by atoms with Crippen molar-refractivity contribution in [2.24, 2.45) is 5.73 Å². The van der Waals surface area contributed by atoms with Crippen LogP contribution in [-0.4, -0.2) is 14.8 Å². The predicted octanol–water partition coefficient (Wildman–Crippen LogP) is 2.37. The Morgan fingerprint density at radius 3 is 2.86 bits per heavy atom. The van der Waals surface area contributed by atoms with Gasteiger partial charge >= 0.3 is 0 Å². The maximum Gasteiger partial charge on any atom is 0.191 e. The predicted molar refractivity (Wildman–Crippen MR) is 76.9 cm³/mol. The first-order valence-corrected chi connectivity index (χ1v) is 7.66. The van der Waals surface area contributed by atoms with Crippen LogP contribution in [0.15, 0.2) is 23.4 Å². The van der Waals surface area contributed by atoms with Crippen molar-refractivity contribution >= 4 is 11.8 Å². The number of thioether (sulfide) groups is 1. The summed E-state index contributed by atoms with van der Waals surface area (Å²) in [7, 11) is 0. The third-order valence-corrected chi connectivity index (χ3v) is 4.36. The number of halogens is 1. The van der Waals surface area contributed by atoms with Crippen molar-refractivity contribution in [3.63, 3.8) is 0 Å². The maximum absolute atomic E-state index is 13.9. The Morgan fingerprint density at radius 2 is 2.24 bits per heavy atom. The number of rotatable bonds is 5. The molecule has 1 heterocycles. The van der Waals surface area contributed by atoms with Gasteiger partial charge in [-0.05, 0) is 30.5 Å². The van der Waals surface area contributed by atoms with Crippen LogP contribution in [0, 0.1) is 17.1 Å². The molecular formula is C14H14FN5S. The van der Waals surface area contributed by atoms with Crippen molar-refractivity contribution in [3.8, 4) is 6.07 Å². The Bertz CT molecular complexity index is 702. The van der Waals surface area contributed by atoms with Gasteiger partial charge in [-0.15, -0.1) is 10.2 Å². The average molecular weight is 303 g/mol. The highest BCUT2D eigenvalue weighted by Crippen LogP contribution is 2.39. The van der Waals surface area contributed by atoms with E-state index in [0.717, 1.165) is 23.8 Å². The number of hydrogen-bond acceptors (Lipinski definition) is 5. The molecule has 1 aromatic heterocycles. The van der Waals surface area contributed by atoms with Gasteiger partial charge in [-0.1, -0.05) is 17.8 Å². The van der Waals surface area contributed by atoms with Crippen molar-refractivity contribution in [3.05, 3.63) is 41.0 Å². The van der Waals surface area contributed by atoms with Crippen LogP contribution in [0.4, 0.5) is 4.39 Å². The molecule has 0 unspecified atom stereocenters. The molecule has 1 saturated carbocycles. The number of nitrogens with two attached hydrogens (primary N) is 1. The van der Waals surface area contributed by atoms with Crippen molar-refractivity contribution < 1.29 is 4.39 Å². The van der Waals surface area contributed by atoms with Crippen LogP contribution < -0.4 is 5.73 Å². The molecule has 0 bridgehead atoms. The van der Waals surface area contributed by atoms with Gasteiger partial charge in [0, 0.05) is 11.8 Å². The van der Waals surface area contributed by atoms with Crippen molar-refractivity contribution in [2.75, 3.05) is 0 Å². The standard InChI is InChI=1S/C14H14FN5S/c15-12-5-9(6-16)1-2-10(12)8-21-14-19-18-13(7-17)20(14)11-3-4-11/h1-2,5,11H,3-4,7-8,17H2. The normalized spacial score (nSPS) is 14.1. The van der Waals surface area contributed by atoms with Crippen molar-refractivity contribution in [1.29, 1.82) is 5.26 Å². The maximum atomic E-state index is 13.9. The smallest absolute Gasteiger partial charge is 0.191 e. The van der Waals surface area contributed by atoms with Crippen LogP contribution in [0.3, 0.4) is 0 Å². The van der Waals surface area contributed by atoms with E-state index in [1.807, 2.05) is 6.07 Å². The molecule has 0 spiro atoms. The van der Waals surface area contributed by atoms with Gasteiger partial charge in [0.15, 0.2) is 5.16 Å². The summed E-state index contributed by atoms with van der Waals surface area (Å²) >= 11 is 1.44. The third kappa shape index (κ3) is 2.91. The molecule has 0 atom stereocenters. The van der Waals surface area contributed by atoms with Gasteiger partial charge in [-0.2, -0.15) is 5.26 Å². The van der Waals surface area contributed by atoms with Gasteiger partial charge in [0.05, 0.1) is 18.2 Å².